The molecule has 1 fully saturated rings. The second-order valence-corrected chi connectivity index (χ2v) is 11.0. The van der Waals surface area contributed by atoms with Gasteiger partial charge < -0.3 is 10.1 Å². The number of aromatic amines is 1. The predicted octanol–water partition coefficient (Wildman–Crippen LogP) is 7.26. The number of hydrazone groups is 1. The standard InChI is InChI=1S/C31H27F3N6O3S/c1-18(2)23-6-4-5-7-24(23)39-30-40(27(41)17-44-30)37-14-20-8-10-21(11-9-20)28-19(3)26(43-31(32,33)34)13-12-25(28)38-29(42)22-15-35-36-16-22/h4-16,18H,17H2,1-3H3,(H,35,36)(H,38,42)/b37-14+,39-30?. The molecule has 0 spiro atoms. The zero-order valence-electron chi connectivity index (χ0n) is 23.8. The predicted molar refractivity (Wildman–Crippen MR) is 164 cm³/mol. The summed E-state index contributed by atoms with van der Waals surface area (Å²) in [5.41, 5.74) is 4.03. The van der Waals surface area contributed by atoms with Crippen molar-refractivity contribution in [3.63, 3.8) is 0 Å². The maximum Gasteiger partial charge on any atom is 0.573 e. The zero-order chi connectivity index (χ0) is 31.4. The van der Waals surface area contributed by atoms with E-state index in [0.717, 1.165) is 17.3 Å². The van der Waals surface area contributed by atoms with Gasteiger partial charge in [-0.2, -0.15) is 15.2 Å². The molecule has 1 aromatic heterocycles. The quantitative estimate of drug-likeness (QED) is 0.202. The van der Waals surface area contributed by atoms with E-state index in [1.807, 2.05) is 24.3 Å². The number of alkyl halides is 3. The second kappa shape index (κ2) is 12.8. The number of para-hydroxylation sites is 1. The van der Waals surface area contributed by atoms with Crippen LogP contribution < -0.4 is 10.1 Å². The summed E-state index contributed by atoms with van der Waals surface area (Å²) < 4.78 is 43.5. The van der Waals surface area contributed by atoms with Crippen LogP contribution in [0.15, 0.2) is 83.2 Å². The molecule has 9 nitrogen and oxygen atoms in total. The van der Waals surface area contributed by atoms with Gasteiger partial charge in [0.15, 0.2) is 5.17 Å². The number of ether oxygens (including phenoxy) is 1. The Kier molecular flexibility index (Phi) is 8.86. The first-order valence-corrected chi connectivity index (χ1v) is 14.5. The number of amidine groups is 1. The molecule has 0 aliphatic carbocycles. The van der Waals surface area contributed by atoms with Gasteiger partial charge in [0.2, 0.25) is 0 Å². The number of nitrogens with one attached hydrogen (secondary N) is 2. The molecule has 44 heavy (non-hydrogen) atoms. The number of carbonyl (C=O) groups is 2. The summed E-state index contributed by atoms with van der Waals surface area (Å²) in [6, 6.07) is 17.0. The summed E-state index contributed by atoms with van der Waals surface area (Å²) in [5.74, 6) is -0.637. The smallest absolute Gasteiger partial charge is 0.405 e. The van der Waals surface area contributed by atoms with Crippen molar-refractivity contribution in [2.24, 2.45) is 10.1 Å². The number of anilines is 1. The third kappa shape index (κ3) is 7.00. The number of halogens is 3. The fraction of sp³-hybridized carbons (Fsp3) is 0.194. The van der Waals surface area contributed by atoms with E-state index in [1.54, 1.807) is 24.3 Å². The van der Waals surface area contributed by atoms with E-state index in [9.17, 15) is 22.8 Å². The molecule has 5 rings (SSSR count). The van der Waals surface area contributed by atoms with Crippen LogP contribution in [-0.4, -0.2) is 50.5 Å². The van der Waals surface area contributed by atoms with Crippen molar-refractivity contribution < 1.29 is 27.5 Å². The highest BCUT2D eigenvalue weighted by Gasteiger charge is 2.33. The molecule has 1 aliphatic rings. The van der Waals surface area contributed by atoms with Gasteiger partial charge in [0.05, 0.1) is 29.4 Å². The Morgan fingerprint density at radius 1 is 1.14 bits per heavy atom. The number of H-pyrrole nitrogens is 1. The Morgan fingerprint density at radius 2 is 1.89 bits per heavy atom. The highest BCUT2D eigenvalue weighted by molar-refractivity contribution is 8.15. The Balaban J connectivity index is 1.43. The van der Waals surface area contributed by atoms with Crippen molar-refractivity contribution in [2.75, 3.05) is 11.1 Å². The number of rotatable bonds is 8. The SMILES string of the molecule is Cc1c(OC(F)(F)F)ccc(NC(=O)c2cn[nH]c2)c1-c1ccc(/C=N/N2C(=O)CSC2=Nc2ccccc2C(C)C)cc1. The van der Waals surface area contributed by atoms with Gasteiger partial charge >= 0.3 is 6.36 Å². The van der Waals surface area contributed by atoms with Crippen LogP contribution in [0.5, 0.6) is 5.75 Å². The van der Waals surface area contributed by atoms with Crippen molar-refractivity contribution in [3.8, 4) is 16.9 Å². The van der Waals surface area contributed by atoms with Crippen LogP contribution in [0.25, 0.3) is 11.1 Å². The van der Waals surface area contributed by atoms with Gasteiger partial charge in [-0.1, -0.05) is 68.1 Å². The molecule has 0 saturated carbocycles. The normalized spacial score (nSPS) is 14.7. The number of aliphatic imine (C=N–C) groups is 1. The maximum atomic E-state index is 13.1. The molecule has 0 bridgehead atoms. The van der Waals surface area contributed by atoms with Gasteiger partial charge in [0.1, 0.15) is 5.75 Å². The lowest BCUT2D eigenvalue weighted by Gasteiger charge is -2.18. The summed E-state index contributed by atoms with van der Waals surface area (Å²) in [7, 11) is 0. The Hall–Kier alpha value is -4.91. The minimum Gasteiger partial charge on any atom is -0.405 e. The third-order valence-electron chi connectivity index (χ3n) is 6.69. The average molecular weight is 621 g/mol. The number of amides is 2. The molecule has 1 aliphatic heterocycles. The topological polar surface area (TPSA) is 112 Å². The lowest BCUT2D eigenvalue weighted by atomic mass is 9.96. The van der Waals surface area contributed by atoms with Gasteiger partial charge in [0.25, 0.3) is 11.8 Å². The Labute approximate surface area is 255 Å². The van der Waals surface area contributed by atoms with Crippen molar-refractivity contribution in [1.29, 1.82) is 0 Å². The molecule has 1 saturated heterocycles. The molecule has 0 atom stereocenters. The first kappa shape index (κ1) is 30.5. The molecule has 0 unspecified atom stereocenters. The van der Waals surface area contributed by atoms with E-state index in [1.165, 1.54) is 48.4 Å². The summed E-state index contributed by atoms with van der Waals surface area (Å²) >= 11 is 1.30. The van der Waals surface area contributed by atoms with Crippen LogP contribution in [-0.2, 0) is 4.79 Å². The number of hydrogen-bond acceptors (Lipinski definition) is 7. The number of thioether (sulfide) groups is 1. The molecule has 2 heterocycles. The molecular weight excluding hydrogens is 593 g/mol. The van der Waals surface area contributed by atoms with Crippen LogP contribution in [0.1, 0.15) is 46.8 Å². The van der Waals surface area contributed by atoms with Gasteiger partial charge in [0, 0.05) is 23.0 Å². The molecule has 2 amide bonds. The number of nitrogens with zero attached hydrogens (tertiary/aromatic N) is 4. The highest BCUT2D eigenvalue weighted by atomic mass is 32.2. The van der Waals surface area contributed by atoms with Gasteiger partial charge in [-0.15, -0.1) is 13.2 Å². The van der Waals surface area contributed by atoms with E-state index < -0.39 is 18.0 Å². The van der Waals surface area contributed by atoms with E-state index in [4.69, 9.17) is 4.99 Å². The van der Waals surface area contributed by atoms with E-state index >= 15 is 0 Å². The summed E-state index contributed by atoms with van der Waals surface area (Å²) in [6.07, 6.45) is -0.650. The first-order valence-electron chi connectivity index (χ1n) is 13.5. The summed E-state index contributed by atoms with van der Waals surface area (Å²) in [4.78, 5) is 30.0. The molecule has 4 aromatic rings. The van der Waals surface area contributed by atoms with Crippen molar-refractivity contribution >= 4 is 46.3 Å². The van der Waals surface area contributed by atoms with Crippen LogP contribution in [0, 0.1) is 6.92 Å². The highest BCUT2D eigenvalue weighted by Crippen LogP contribution is 2.39. The van der Waals surface area contributed by atoms with Crippen LogP contribution in [0.3, 0.4) is 0 Å². The molecule has 0 radical (unpaired) electrons. The van der Waals surface area contributed by atoms with Gasteiger partial charge in [-0.3, -0.25) is 14.7 Å². The molecule has 3 aromatic carbocycles. The van der Waals surface area contributed by atoms with Crippen LogP contribution in [0.2, 0.25) is 0 Å². The molecule has 226 valence electrons. The monoisotopic (exact) mass is 620 g/mol. The number of aromatic nitrogens is 2. The van der Waals surface area contributed by atoms with E-state index in [0.29, 0.717) is 21.9 Å². The van der Waals surface area contributed by atoms with Crippen molar-refractivity contribution in [3.05, 3.63) is 95.3 Å². The van der Waals surface area contributed by atoms with Gasteiger partial charge in [-0.25, -0.2) is 4.99 Å². The largest absolute Gasteiger partial charge is 0.573 e. The van der Waals surface area contributed by atoms with Crippen LogP contribution in [0.4, 0.5) is 24.5 Å². The van der Waals surface area contributed by atoms with Crippen molar-refractivity contribution in [2.45, 2.75) is 33.1 Å². The first-order chi connectivity index (χ1) is 21.0. The molecule has 13 heteroatoms. The number of carbonyl (C=O) groups excluding carboxylic acids is 2. The maximum absolute atomic E-state index is 13.1. The lowest BCUT2D eigenvalue weighted by Crippen LogP contribution is -2.23. The average Bonchev–Trinajstić information content (AvgIpc) is 3.64. The fourth-order valence-corrected chi connectivity index (χ4v) is 5.37. The summed E-state index contributed by atoms with van der Waals surface area (Å²) in [5, 5.41) is 15.2. The minimum absolute atomic E-state index is 0.177. The van der Waals surface area contributed by atoms with Crippen molar-refractivity contribution in [1.82, 2.24) is 15.2 Å². The number of benzene rings is 3. The lowest BCUT2D eigenvalue weighted by molar-refractivity contribution is -0.274. The zero-order valence-corrected chi connectivity index (χ0v) is 24.7. The Morgan fingerprint density at radius 3 is 2.57 bits per heavy atom. The van der Waals surface area contributed by atoms with Gasteiger partial charge in [-0.05, 0) is 47.7 Å². The minimum atomic E-state index is -4.89. The van der Waals surface area contributed by atoms with Crippen LogP contribution >= 0.6 is 11.8 Å². The fourth-order valence-electron chi connectivity index (χ4n) is 4.56. The number of hydrogen-bond donors (Lipinski definition) is 2. The van der Waals surface area contributed by atoms with E-state index in [2.05, 4.69) is 39.2 Å². The van der Waals surface area contributed by atoms with E-state index in [-0.39, 0.29) is 34.4 Å². The molecular formula is C31H27F3N6O3S. The second-order valence-electron chi connectivity index (χ2n) is 10.1. The molecule has 2 N–H and O–H groups in total. The third-order valence-corrected chi connectivity index (χ3v) is 7.60. The Bertz CT molecular complexity index is 1740. The summed E-state index contributed by atoms with van der Waals surface area (Å²) in [6.45, 7) is 5.63.